The van der Waals surface area contributed by atoms with E-state index >= 15 is 0 Å². The standard InChI is InChI=1S/C19H28N6O/c1-3-17-20-9-13-25(17)12-8-19(26)21-14-16-6-10-24(11-7-16)18-5-4-15(2)22-23-18/h4-5,9,13,16H,3,6-8,10-12,14H2,1-2H3,(H,21,26). The zero-order valence-electron chi connectivity index (χ0n) is 15.7. The lowest BCUT2D eigenvalue weighted by Crippen LogP contribution is -2.39. The highest BCUT2D eigenvalue weighted by atomic mass is 16.1. The van der Waals surface area contributed by atoms with Crippen molar-refractivity contribution in [1.82, 2.24) is 25.1 Å². The van der Waals surface area contributed by atoms with Crippen LogP contribution in [-0.2, 0) is 17.8 Å². The number of anilines is 1. The molecule has 7 heteroatoms. The van der Waals surface area contributed by atoms with Crippen molar-refractivity contribution in [1.29, 1.82) is 0 Å². The van der Waals surface area contributed by atoms with E-state index in [1.807, 2.05) is 25.3 Å². The number of carbonyl (C=O) groups is 1. The van der Waals surface area contributed by atoms with E-state index in [0.717, 1.165) is 56.2 Å². The van der Waals surface area contributed by atoms with Gasteiger partial charge in [-0.25, -0.2) is 4.98 Å². The lowest BCUT2D eigenvalue weighted by atomic mass is 9.96. The summed E-state index contributed by atoms with van der Waals surface area (Å²) in [5, 5.41) is 11.5. The first kappa shape index (κ1) is 18.4. The van der Waals surface area contributed by atoms with Crippen LogP contribution in [0.3, 0.4) is 0 Å². The second kappa shape index (κ2) is 8.78. The third-order valence-corrected chi connectivity index (χ3v) is 5.01. The van der Waals surface area contributed by atoms with Crippen molar-refractivity contribution in [3.8, 4) is 0 Å². The van der Waals surface area contributed by atoms with Crippen molar-refractivity contribution in [2.24, 2.45) is 5.92 Å². The lowest BCUT2D eigenvalue weighted by Gasteiger charge is -2.32. The number of hydrogen-bond donors (Lipinski definition) is 1. The third kappa shape index (κ3) is 4.80. The average Bonchev–Trinajstić information content (AvgIpc) is 3.13. The first-order valence-electron chi connectivity index (χ1n) is 9.47. The summed E-state index contributed by atoms with van der Waals surface area (Å²) in [6.07, 6.45) is 7.26. The predicted octanol–water partition coefficient (Wildman–Crippen LogP) is 1.97. The molecule has 1 aliphatic heterocycles. The largest absolute Gasteiger partial charge is 0.356 e. The predicted molar refractivity (Wildman–Crippen MR) is 101 cm³/mol. The molecule has 0 unspecified atom stereocenters. The smallest absolute Gasteiger partial charge is 0.221 e. The minimum absolute atomic E-state index is 0.118. The molecule has 1 aliphatic rings. The van der Waals surface area contributed by atoms with Crippen molar-refractivity contribution < 1.29 is 4.79 Å². The number of aryl methyl sites for hydroxylation is 3. The number of imidazole rings is 1. The number of amides is 1. The van der Waals surface area contributed by atoms with E-state index < -0.39 is 0 Å². The van der Waals surface area contributed by atoms with Gasteiger partial charge in [0.1, 0.15) is 5.82 Å². The summed E-state index contributed by atoms with van der Waals surface area (Å²) in [5.41, 5.74) is 0.938. The van der Waals surface area contributed by atoms with Crippen LogP contribution in [0.25, 0.3) is 0 Å². The highest BCUT2D eigenvalue weighted by Crippen LogP contribution is 2.21. The van der Waals surface area contributed by atoms with Gasteiger partial charge >= 0.3 is 0 Å². The van der Waals surface area contributed by atoms with Crippen LogP contribution < -0.4 is 10.2 Å². The van der Waals surface area contributed by atoms with E-state index in [1.165, 1.54) is 0 Å². The zero-order chi connectivity index (χ0) is 18.4. The Balaban J connectivity index is 1.37. The molecule has 0 aromatic carbocycles. The Bertz CT molecular complexity index is 703. The molecule has 0 saturated carbocycles. The van der Waals surface area contributed by atoms with Crippen molar-refractivity contribution in [2.45, 2.75) is 46.1 Å². The van der Waals surface area contributed by atoms with Gasteiger partial charge in [0.2, 0.25) is 5.91 Å². The number of nitrogens with one attached hydrogen (secondary N) is 1. The van der Waals surface area contributed by atoms with Gasteiger partial charge in [0.25, 0.3) is 0 Å². The molecule has 0 bridgehead atoms. The maximum absolute atomic E-state index is 12.1. The molecule has 1 amide bonds. The van der Waals surface area contributed by atoms with E-state index in [9.17, 15) is 4.79 Å². The molecule has 0 radical (unpaired) electrons. The fraction of sp³-hybridized carbons (Fsp3) is 0.579. The van der Waals surface area contributed by atoms with Crippen molar-refractivity contribution in [3.05, 3.63) is 36.0 Å². The Labute approximate surface area is 154 Å². The minimum Gasteiger partial charge on any atom is -0.356 e. The van der Waals surface area contributed by atoms with Gasteiger partial charge in [-0.05, 0) is 37.8 Å². The maximum Gasteiger partial charge on any atom is 0.221 e. The first-order chi connectivity index (χ1) is 12.7. The quantitative estimate of drug-likeness (QED) is 0.821. The monoisotopic (exact) mass is 356 g/mol. The Hall–Kier alpha value is -2.44. The number of nitrogens with zero attached hydrogens (tertiary/aromatic N) is 5. The van der Waals surface area contributed by atoms with Crippen LogP contribution in [0.5, 0.6) is 0 Å². The van der Waals surface area contributed by atoms with E-state index in [2.05, 4.69) is 36.9 Å². The Kier molecular flexibility index (Phi) is 6.20. The number of piperidine rings is 1. The molecule has 140 valence electrons. The molecule has 1 fully saturated rings. The van der Waals surface area contributed by atoms with Crippen LogP contribution in [0.1, 0.15) is 37.7 Å². The van der Waals surface area contributed by atoms with Gasteiger partial charge in [-0.2, -0.15) is 5.10 Å². The van der Waals surface area contributed by atoms with Crippen molar-refractivity contribution in [2.75, 3.05) is 24.5 Å². The molecule has 1 saturated heterocycles. The van der Waals surface area contributed by atoms with Crippen LogP contribution in [0, 0.1) is 12.8 Å². The zero-order valence-corrected chi connectivity index (χ0v) is 15.7. The van der Waals surface area contributed by atoms with Crippen LogP contribution >= 0.6 is 0 Å². The minimum atomic E-state index is 0.118. The van der Waals surface area contributed by atoms with Gasteiger partial charge in [-0.15, -0.1) is 5.10 Å². The summed E-state index contributed by atoms with van der Waals surface area (Å²) in [6.45, 7) is 7.41. The Morgan fingerprint density at radius 1 is 1.27 bits per heavy atom. The highest BCUT2D eigenvalue weighted by molar-refractivity contribution is 5.75. The summed E-state index contributed by atoms with van der Waals surface area (Å²) in [7, 11) is 0. The molecule has 2 aromatic heterocycles. The number of hydrogen-bond acceptors (Lipinski definition) is 5. The fourth-order valence-electron chi connectivity index (χ4n) is 3.35. The topological polar surface area (TPSA) is 75.9 Å². The van der Waals surface area contributed by atoms with Crippen LogP contribution in [0.15, 0.2) is 24.5 Å². The fourth-order valence-corrected chi connectivity index (χ4v) is 3.35. The summed E-state index contributed by atoms with van der Waals surface area (Å²) < 4.78 is 2.06. The van der Waals surface area contributed by atoms with Gasteiger partial charge in [0, 0.05) is 51.4 Å². The van der Waals surface area contributed by atoms with E-state index in [0.29, 0.717) is 18.9 Å². The number of rotatable bonds is 7. The van der Waals surface area contributed by atoms with Gasteiger partial charge < -0.3 is 14.8 Å². The van der Waals surface area contributed by atoms with Gasteiger partial charge in [-0.3, -0.25) is 4.79 Å². The maximum atomic E-state index is 12.1. The molecule has 1 N–H and O–H groups in total. The van der Waals surface area contributed by atoms with Gasteiger partial charge in [-0.1, -0.05) is 6.92 Å². The molecule has 26 heavy (non-hydrogen) atoms. The summed E-state index contributed by atoms with van der Waals surface area (Å²) >= 11 is 0. The van der Waals surface area contributed by atoms with Crippen molar-refractivity contribution >= 4 is 11.7 Å². The van der Waals surface area contributed by atoms with Crippen LogP contribution in [-0.4, -0.2) is 45.3 Å². The number of aromatic nitrogens is 4. The van der Waals surface area contributed by atoms with E-state index in [4.69, 9.17) is 0 Å². The first-order valence-corrected chi connectivity index (χ1v) is 9.47. The van der Waals surface area contributed by atoms with Gasteiger partial charge in [0.15, 0.2) is 5.82 Å². The summed E-state index contributed by atoms with van der Waals surface area (Å²) in [6, 6.07) is 4.03. The molecule has 3 heterocycles. The molecule has 2 aromatic rings. The number of carbonyl (C=O) groups excluding carboxylic acids is 1. The molecule has 0 spiro atoms. The summed E-state index contributed by atoms with van der Waals surface area (Å²) in [4.78, 5) is 18.7. The molecule has 7 nitrogen and oxygen atoms in total. The van der Waals surface area contributed by atoms with E-state index in [-0.39, 0.29) is 5.91 Å². The lowest BCUT2D eigenvalue weighted by molar-refractivity contribution is -0.121. The van der Waals surface area contributed by atoms with Crippen LogP contribution in [0.2, 0.25) is 0 Å². The molecular weight excluding hydrogens is 328 g/mol. The van der Waals surface area contributed by atoms with Gasteiger partial charge in [0.05, 0.1) is 5.69 Å². The average molecular weight is 356 g/mol. The Morgan fingerprint density at radius 3 is 2.77 bits per heavy atom. The summed E-state index contributed by atoms with van der Waals surface area (Å²) in [5.74, 6) is 2.63. The second-order valence-corrected chi connectivity index (χ2v) is 6.91. The molecule has 0 atom stereocenters. The third-order valence-electron chi connectivity index (χ3n) is 5.01. The molecular formula is C19H28N6O. The molecule has 3 rings (SSSR count). The highest BCUT2D eigenvalue weighted by Gasteiger charge is 2.20. The van der Waals surface area contributed by atoms with E-state index in [1.54, 1.807) is 6.20 Å². The SMILES string of the molecule is CCc1nccn1CCC(=O)NCC1CCN(c2ccc(C)nn2)CC1. The second-order valence-electron chi connectivity index (χ2n) is 6.91. The van der Waals surface area contributed by atoms with Crippen LogP contribution in [0.4, 0.5) is 5.82 Å². The normalized spacial score (nSPS) is 15.2. The van der Waals surface area contributed by atoms with Crippen molar-refractivity contribution in [3.63, 3.8) is 0 Å². The Morgan fingerprint density at radius 2 is 2.08 bits per heavy atom. The molecule has 0 aliphatic carbocycles.